The Morgan fingerprint density at radius 1 is 1.07 bits per heavy atom. The molecule has 4 rings (SSSR count). The number of ether oxygens (including phenoxy) is 2. The smallest absolute Gasteiger partial charge is 0.269 e. The molecule has 9 nitrogen and oxygen atoms in total. The second-order valence-corrected chi connectivity index (χ2v) is 6.20. The number of carbonyl (C=O) groups excluding carboxylic acids is 2. The molecule has 0 atom stereocenters. The summed E-state index contributed by atoms with van der Waals surface area (Å²) in [5.41, 5.74) is 4.50. The normalized spacial score (nSPS) is 12.4. The SMILES string of the molecule is O=C(Cn1cnc2ccc(F)cc2c1=O)NNC(=O)c1ccc2c(c1)OCCO2. The average molecular weight is 398 g/mol. The largest absolute Gasteiger partial charge is 0.486 e. The number of hydrazine groups is 1. The monoisotopic (exact) mass is 398 g/mol. The summed E-state index contributed by atoms with van der Waals surface area (Å²) in [6.07, 6.45) is 1.19. The highest BCUT2D eigenvalue weighted by molar-refractivity contribution is 5.96. The van der Waals surface area contributed by atoms with E-state index in [1.807, 2.05) is 0 Å². The number of nitrogens with zero attached hydrogens (tertiary/aromatic N) is 2. The average Bonchev–Trinajstić information content (AvgIpc) is 2.74. The van der Waals surface area contributed by atoms with E-state index >= 15 is 0 Å². The highest BCUT2D eigenvalue weighted by Gasteiger charge is 2.16. The predicted molar refractivity (Wildman–Crippen MR) is 99.0 cm³/mol. The van der Waals surface area contributed by atoms with Crippen LogP contribution in [-0.2, 0) is 11.3 Å². The minimum Gasteiger partial charge on any atom is -0.486 e. The van der Waals surface area contributed by atoms with Gasteiger partial charge in [-0.2, -0.15) is 0 Å². The van der Waals surface area contributed by atoms with Crippen molar-refractivity contribution in [2.45, 2.75) is 6.54 Å². The van der Waals surface area contributed by atoms with Gasteiger partial charge in [-0.3, -0.25) is 29.8 Å². The summed E-state index contributed by atoms with van der Waals surface area (Å²) in [6.45, 7) is 0.414. The van der Waals surface area contributed by atoms with Crippen LogP contribution in [0.4, 0.5) is 4.39 Å². The highest BCUT2D eigenvalue weighted by Crippen LogP contribution is 2.30. The summed E-state index contributed by atoms with van der Waals surface area (Å²) in [5, 5.41) is 0.0561. The number of benzene rings is 2. The number of carbonyl (C=O) groups is 2. The summed E-state index contributed by atoms with van der Waals surface area (Å²) in [4.78, 5) is 40.7. The van der Waals surface area contributed by atoms with E-state index in [4.69, 9.17) is 9.47 Å². The van der Waals surface area contributed by atoms with E-state index in [1.54, 1.807) is 6.07 Å². The molecule has 1 aliphatic heterocycles. The lowest BCUT2D eigenvalue weighted by molar-refractivity contribution is -0.122. The Balaban J connectivity index is 1.41. The van der Waals surface area contributed by atoms with Gasteiger partial charge >= 0.3 is 0 Å². The van der Waals surface area contributed by atoms with Crippen molar-refractivity contribution >= 4 is 22.7 Å². The Morgan fingerprint density at radius 2 is 1.86 bits per heavy atom. The van der Waals surface area contributed by atoms with Gasteiger partial charge < -0.3 is 9.47 Å². The number of nitrogens with one attached hydrogen (secondary N) is 2. The Hall–Kier alpha value is -3.95. The molecule has 3 aromatic rings. The molecule has 148 valence electrons. The van der Waals surface area contributed by atoms with E-state index in [0.717, 1.165) is 10.6 Å². The lowest BCUT2D eigenvalue weighted by atomic mass is 10.2. The van der Waals surface area contributed by atoms with Gasteiger partial charge in [0.05, 0.1) is 17.2 Å². The maximum Gasteiger partial charge on any atom is 0.269 e. The van der Waals surface area contributed by atoms with Gasteiger partial charge in [-0.1, -0.05) is 0 Å². The molecule has 1 aromatic heterocycles. The van der Waals surface area contributed by atoms with Crippen molar-refractivity contribution in [2.24, 2.45) is 0 Å². The maximum atomic E-state index is 13.4. The number of hydrogen-bond acceptors (Lipinski definition) is 6. The molecule has 0 bridgehead atoms. The number of fused-ring (bicyclic) bond motifs is 2. The van der Waals surface area contributed by atoms with Crippen molar-refractivity contribution in [3.05, 3.63) is 64.5 Å². The van der Waals surface area contributed by atoms with Gasteiger partial charge in [0.1, 0.15) is 25.6 Å². The van der Waals surface area contributed by atoms with Gasteiger partial charge in [-0.05, 0) is 36.4 Å². The fraction of sp³-hybridized carbons (Fsp3) is 0.158. The van der Waals surface area contributed by atoms with Crippen molar-refractivity contribution in [3.8, 4) is 11.5 Å². The van der Waals surface area contributed by atoms with E-state index in [2.05, 4.69) is 15.8 Å². The molecule has 0 saturated heterocycles. The Labute approximate surface area is 163 Å². The summed E-state index contributed by atoms with van der Waals surface area (Å²) >= 11 is 0. The summed E-state index contributed by atoms with van der Waals surface area (Å²) in [5.74, 6) is -0.824. The minimum atomic E-state index is -0.657. The van der Waals surface area contributed by atoms with Crippen LogP contribution in [0.25, 0.3) is 10.9 Å². The molecule has 0 spiro atoms. The second kappa shape index (κ2) is 7.58. The van der Waals surface area contributed by atoms with Crippen molar-refractivity contribution in [3.63, 3.8) is 0 Å². The first-order valence-electron chi connectivity index (χ1n) is 8.65. The molecular weight excluding hydrogens is 383 g/mol. The number of amides is 2. The summed E-state index contributed by atoms with van der Waals surface area (Å²) in [7, 11) is 0. The molecule has 2 N–H and O–H groups in total. The third kappa shape index (κ3) is 3.86. The van der Waals surface area contributed by atoms with E-state index in [0.29, 0.717) is 30.2 Å². The van der Waals surface area contributed by atoms with Crippen molar-refractivity contribution in [2.75, 3.05) is 13.2 Å². The van der Waals surface area contributed by atoms with Crippen LogP contribution in [0.5, 0.6) is 11.5 Å². The molecule has 2 aromatic carbocycles. The molecule has 29 heavy (non-hydrogen) atoms. The molecule has 0 fully saturated rings. The number of halogens is 1. The van der Waals surface area contributed by atoms with Crippen LogP contribution in [0, 0.1) is 5.82 Å². The van der Waals surface area contributed by atoms with Crippen LogP contribution in [0.15, 0.2) is 47.5 Å². The molecular formula is C19H15FN4O5. The Bertz CT molecular complexity index is 1180. The van der Waals surface area contributed by atoms with Crippen molar-refractivity contribution < 1.29 is 23.5 Å². The lowest BCUT2D eigenvalue weighted by Crippen LogP contribution is -2.44. The van der Waals surface area contributed by atoms with Gasteiger partial charge in [0, 0.05) is 5.56 Å². The van der Waals surface area contributed by atoms with Gasteiger partial charge in [-0.25, -0.2) is 9.37 Å². The lowest BCUT2D eigenvalue weighted by Gasteiger charge is -2.18. The topological polar surface area (TPSA) is 112 Å². The van der Waals surface area contributed by atoms with E-state index in [-0.39, 0.29) is 10.9 Å². The van der Waals surface area contributed by atoms with E-state index in [9.17, 15) is 18.8 Å². The third-order valence-corrected chi connectivity index (χ3v) is 4.22. The minimum absolute atomic E-state index is 0.0561. The van der Waals surface area contributed by atoms with E-state index in [1.165, 1.54) is 30.6 Å². The standard InChI is InChI=1S/C19H15FN4O5/c20-12-2-3-14-13(8-12)19(27)24(10-21-14)9-17(25)22-23-18(26)11-1-4-15-16(7-11)29-6-5-28-15/h1-4,7-8,10H,5-6,9H2,(H,22,25)(H,23,26). The molecule has 2 amide bonds. The fourth-order valence-corrected chi connectivity index (χ4v) is 2.82. The number of rotatable bonds is 3. The second-order valence-electron chi connectivity index (χ2n) is 6.20. The fourth-order valence-electron chi connectivity index (χ4n) is 2.82. The Morgan fingerprint density at radius 3 is 2.69 bits per heavy atom. The number of hydrogen-bond donors (Lipinski definition) is 2. The Kier molecular flexibility index (Phi) is 4.82. The van der Waals surface area contributed by atoms with Crippen LogP contribution in [0.1, 0.15) is 10.4 Å². The zero-order valence-corrected chi connectivity index (χ0v) is 15.0. The van der Waals surface area contributed by atoms with Gasteiger partial charge in [0.25, 0.3) is 17.4 Å². The molecule has 0 radical (unpaired) electrons. The quantitative estimate of drug-likeness (QED) is 0.631. The van der Waals surface area contributed by atoms with Crippen LogP contribution in [0.3, 0.4) is 0 Å². The van der Waals surface area contributed by atoms with Gasteiger partial charge in [-0.15, -0.1) is 0 Å². The number of aromatic nitrogens is 2. The van der Waals surface area contributed by atoms with Crippen LogP contribution in [0.2, 0.25) is 0 Å². The highest BCUT2D eigenvalue weighted by atomic mass is 19.1. The third-order valence-electron chi connectivity index (χ3n) is 4.22. The maximum absolute atomic E-state index is 13.4. The van der Waals surface area contributed by atoms with Crippen LogP contribution >= 0.6 is 0 Å². The molecule has 0 saturated carbocycles. The van der Waals surface area contributed by atoms with Gasteiger partial charge in [0.15, 0.2) is 11.5 Å². The molecule has 0 aliphatic carbocycles. The first kappa shape index (κ1) is 18.4. The first-order valence-corrected chi connectivity index (χ1v) is 8.65. The molecule has 1 aliphatic rings. The van der Waals surface area contributed by atoms with Crippen molar-refractivity contribution in [1.82, 2.24) is 20.4 Å². The summed E-state index contributed by atoms with van der Waals surface area (Å²) in [6, 6.07) is 8.26. The van der Waals surface area contributed by atoms with Crippen LogP contribution in [-0.4, -0.2) is 34.6 Å². The molecule has 0 unspecified atom stereocenters. The van der Waals surface area contributed by atoms with E-state index < -0.39 is 29.7 Å². The predicted octanol–water partition coefficient (Wildman–Crippen LogP) is 0.768. The zero-order valence-electron chi connectivity index (χ0n) is 15.0. The zero-order chi connectivity index (χ0) is 20.4. The molecule has 2 heterocycles. The van der Waals surface area contributed by atoms with Crippen molar-refractivity contribution in [1.29, 1.82) is 0 Å². The molecule has 10 heteroatoms. The van der Waals surface area contributed by atoms with Gasteiger partial charge in [0.2, 0.25) is 0 Å². The first-order chi connectivity index (χ1) is 14.0. The van der Waals surface area contributed by atoms with Crippen LogP contribution < -0.4 is 25.9 Å². The summed E-state index contributed by atoms with van der Waals surface area (Å²) < 4.78 is 25.2.